The number of carbonyl (C=O) groups is 1. The van der Waals surface area contributed by atoms with Crippen LogP contribution in [-0.4, -0.2) is 31.7 Å². The molecule has 1 aromatic heterocycles. The molecule has 0 aliphatic rings. The van der Waals surface area contributed by atoms with Crippen LogP contribution in [-0.2, 0) is 16.8 Å². The standard InChI is InChI=1S/C16H21N3O4S/c1-3-19(4-2)24(21,22)17-12-13-7-9-14(10-8-13)18-16(20)15-6-5-11-23-15/h5-11,17H,3-4,12H2,1-2H3,(H,18,20). The van der Waals surface area contributed by atoms with Gasteiger partial charge in [0.15, 0.2) is 5.76 Å². The van der Waals surface area contributed by atoms with Crippen molar-refractivity contribution in [3.05, 3.63) is 54.0 Å². The minimum absolute atomic E-state index is 0.186. The second-order valence-electron chi connectivity index (χ2n) is 5.04. The average Bonchev–Trinajstić information content (AvgIpc) is 3.10. The third-order valence-electron chi connectivity index (χ3n) is 3.46. The lowest BCUT2D eigenvalue weighted by atomic mass is 10.2. The van der Waals surface area contributed by atoms with E-state index in [2.05, 4.69) is 10.0 Å². The highest BCUT2D eigenvalue weighted by atomic mass is 32.2. The van der Waals surface area contributed by atoms with Crippen molar-refractivity contribution in [2.45, 2.75) is 20.4 Å². The van der Waals surface area contributed by atoms with Crippen LogP contribution in [0.3, 0.4) is 0 Å². The van der Waals surface area contributed by atoms with Gasteiger partial charge in [0.05, 0.1) is 6.26 Å². The summed E-state index contributed by atoms with van der Waals surface area (Å²) in [5.41, 5.74) is 1.40. The second-order valence-corrected chi connectivity index (χ2v) is 6.79. The quantitative estimate of drug-likeness (QED) is 0.763. The Kier molecular flexibility index (Phi) is 6.13. The van der Waals surface area contributed by atoms with Crippen LogP contribution < -0.4 is 10.0 Å². The fourth-order valence-corrected chi connectivity index (χ4v) is 3.35. The summed E-state index contributed by atoms with van der Waals surface area (Å²) in [6.45, 7) is 4.61. The summed E-state index contributed by atoms with van der Waals surface area (Å²) in [4.78, 5) is 11.9. The summed E-state index contributed by atoms with van der Waals surface area (Å²) >= 11 is 0. The Labute approximate surface area is 141 Å². The molecular weight excluding hydrogens is 330 g/mol. The van der Waals surface area contributed by atoms with Crippen molar-refractivity contribution in [1.82, 2.24) is 9.03 Å². The first-order valence-electron chi connectivity index (χ1n) is 7.64. The first-order valence-corrected chi connectivity index (χ1v) is 9.08. The summed E-state index contributed by atoms with van der Waals surface area (Å²) in [6, 6.07) is 10.1. The number of hydrogen-bond donors (Lipinski definition) is 2. The number of rotatable bonds is 8. The molecular formula is C16H21N3O4S. The summed E-state index contributed by atoms with van der Waals surface area (Å²) < 4.78 is 33.0. The van der Waals surface area contributed by atoms with E-state index in [0.29, 0.717) is 18.8 Å². The molecule has 2 N–H and O–H groups in total. The zero-order valence-corrected chi connectivity index (χ0v) is 14.5. The summed E-state index contributed by atoms with van der Waals surface area (Å²) in [5.74, 6) is -0.110. The highest BCUT2D eigenvalue weighted by molar-refractivity contribution is 7.87. The molecule has 2 aromatic rings. The molecule has 2 rings (SSSR count). The minimum atomic E-state index is -3.48. The Balaban J connectivity index is 1.94. The number of anilines is 1. The van der Waals surface area contributed by atoms with Crippen LogP contribution in [0.4, 0.5) is 5.69 Å². The van der Waals surface area contributed by atoms with Gasteiger partial charge < -0.3 is 9.73 Å². The van der Waals surface area contributed by atoms with Gasteiger partial charge in [0, 0.05) is 25.3 Å². The lowest BCUT2D eigenvalue weighted by Gasteiger charge is -2.18. The third kappa shape index (κ3) is 4.67. The minimum Gasteiger partial charge on any atom is -0.459 e. The molecule has 1 aromatic carbocycles. The Hall–Kier alpha value is -2.16. The molecule has 8 heteroatoms. The first-order chi connectivity index (χ1) is 11.5. The van der Waals surface area contributed by atoms with Crippen molar-refractivity contribution in [3.63, 3.8) is 0 Å². The van der Waals surface area contributed by atoms with Gasteiger partial charge >= 0.3 is 0 Å². The predicted molar refractivity (Wildman–Crippen MR) is 91.8 cm³/mol. The van der Waals surface area contributed by atoms with Crippen molar-refractivity contribution in [2.75, 3.05) is 18.4 Å². The Morgan fingerprint density at radius 2 is 1.79 bits per heavy atom. The number of hydrogen-bond acceptors (Lipinski definition) is 4. The molecule has 0 bridgehead atoms. The van der Waals surface area contributed by atoms with Gasteiger partial charge in [-0.3, -0.25) is 4.79 Å². The van der Waals surface area contributed by atoms with Gasteiger partial charge in [-0.2, -0.15) is 17.4 Å². The van der Waals surface area contributed by atoms with Crippen LogP contribution in [0.1, 0.15) is 30.0 Å². The van der Waals surface area contributed by atoms with E-state index in [1.165, 1.54) is 10.6 Å². The fraction of sp³-hybridized carbons (Fsp3) is 0.312. The molecule has 24 heavy (non-hydrogen) atoms. The van der Waals surface area contributed by atoms with Crippen LogP contribution >= 0.6 is 0 Å². The van der Waals surface area contributed by atoms with Crippen LogP contribution in [0.5, 0.6) is 0 Å². The van der Waals surface area contributed by atoms with Gasteiger partial charge in [0.25, 0.3) is 16.1 Å². The molecule has 0 aliphatic carbocycles. The fourth-order valence-electron chi connectivity index (χ4n) is 2.14. The van der Waals surface area contributed by atoms with Gasteiger partial charge in [0.1, 0.15) is 0 Å². The maximum atomic E-state index is 12.1. The second kappa shape index (κ2) is 8.09. The number of benzene rings is 1. The third-order valence-corrected chi connectivity index (χ3v) is 5.17. The largest absolute Gasteiger partial charge is 0.459 e. The highest BCUT2D eigenvalue weighted by Crippen LogP contribution is 2.12. The van der Waals surface area contributed by atoms with Crippen molar-refractivity contribution in [1.29, 1.82) is 0 Å². The Bertz CT molecular complexity index is 751. The van der Waals surface area contributed by atoms with E-state index in [9.17, 15) is 13.2 Å². The van der Waals surface area contributed by atoms with E-state index in [0.717, 1.165) is 5.56 Å². The smallest absolute Gasteiger partial charge is 0.291 e. The lowest BCUT2D eigenvalue weighted by molar-refractivity contribution is 0.0996. The van der Waals surface area contributed by atoms with E-state index in [-0.39, 0.29) is 18.2 Å². The zero-order valence-electron chi connectivity index (χ0n) is 13.7. The Morgan fingerprint density at radius 1 is 1.12 bits per heavy atom. The summed E-state index contributed by atoms with van der Waals surface area (Å²) in [6.07, 6.45) is 1.43. The maximum absolute atomic E-state index is 12.1. The topological polar surface area (TPSA) is 91.7 Å². The number of amides is 1. The molecule has 0 unspecified atom stereocenters. The van der Waals surface area contributed by atoms with Gasteiger partial charge in [-0.1, -0.05) is 26.0 Å². The molecule has 0 fully saturated rings. The molecule has 0 radical (unpaired) electrons. The molecule has 1 heterocycles. The predicted octanol–water partition coefficient (Wildman–Crippen LogP) is 2.21. The zero-order chi connectivity index (χ0) is 17.6. The van der Waals surface area contributed by atoms with Gasteiger partial charge in [-0.05, 0) is 29.8 Å². The first kappa shape index (κ1) is 18.2. The molecule has 7 nitrogen and oxygen atoms in total. The average molecular weight is 351 g/mol. The van der Waals surface area contributed by atoms with E-state index in [4.69, 9.17) is 4.42 Å². The van der Waals surface area contributed by atoms with Crippen LogP contribution in [0.15, 0.2) is 47.1 Å². The lowest BCUT2D eigenvalue weighted by Crippen LogP contribution is -2.40. The van der Waals surface area contributed by atoms with Gasteiger partial charge in [-0.15, -0.1) is 0 Å². The monoisotopic (exact) mass is 351 g/mol. The van der Waals surface area contributed by atoms with E-state index in [1.807, 2.05) is 0 Å². The number of nitrogens with one attached hydrogen (secondary N) is 2. The molecule has 0 atom stereocenters. The van der Waals surface area contributed by atoms with Crippen LogP contribution in [0, 0.1) is 0 Å². The molecule has 0 saturated heterocycles. The Morgan fingerprint density at radius 3 is 2.33 bits per heavy atom. The van der Waals surface area contributed by atoms with Crippen molar-refractivity contribution >= 4 is 21.8 Å². The van der Waals surface area contributed by atoms with Crippen LogP contribution in [0.25, 0.3) is 0 Å². The molecule has 0 saturated carbocycles. The summed E-state index contributed by atoms with van der Waals surface area (Å²) in [7, 11) is -3.48. The molecule has 130 valence electrons. The highest BCUT2D eigenvalue weighted by Gasteiger charge is 2.17. The van der Waals surface area contributed by atoms with Crippen molar-refractivity contribution < 1.29 is 17.6 Å². The SMILES string of the molecule is CCN(CC)S(=O)(=O)NCc1ccc(NC(=O)c2ccco2)cc1. The molecule has 0 spiro atoms. The normalized spacial score (nSPS) is 11.6. The van der Waals surface area contributed by atoms with E-state index >= 15 is 0 Å². The van der Waals surface area contributed by atoms with E-state index in [1.54, 1.807) is 50.2 Å². The van der Waals surface area contributed by atoms with Crippen molar-refractivity contribution in [3.8, 4) is 0 Å². The van der Waals surface area contributed by atoms with E-state index < -0.39 is 10.2 Å². The van der Waals surface area contributed by atoms with Gasteiger partial charge in [-0.25, -0.2) is 0 Å². The summed E-state index contributed by atoms with van der Waals surface area (Å²) in [5, 5.41) is 2.70. The number of furan rings is 1. The number of nitrogens with zero attached hydrogens (tertiary/aromatic N) is 1. The van der Waals surface area contributed by atoms with Crippen LogP contribution in [0.2, 0.25) is 0 Å². The van der Waals surface area contributed by atoms with Gasteiger partial charge in [0.2, 0.25) is 0 Å². The molecule has 0 aliphatic heterocycles. The molecule has 1 amide bonds. The number of carbonyl (C=O) groups excluding carboxylic acids is 1. The van der Waals surface area contributed by atoms with Crippen molar-refractivity contribution in [2.24, 2.45) is 0 Å². The maximum Gasteiger partial charge on any atom is 0.291 e.